The number of nitro groups is 1. The number of nitrogens with one attached hydrogen (secondary N) is 1. The molecule has 1 aliphatic carbocycles. The molecule has 1 saturated heterocycles. The van der Waals surface area contributed by atoms with E-state index in [4.69, 9.17) is 14.7 Å². The molecule has 4 rings (SSSR count). The van der Waals surface area contributed by atoms with Gasteiger partial charge >= 0.3 is 17.7 Å². The Morgan fingerprint density at radius 3 is 2.89 bits per heavy atom. The molecule has 1 N–H and O–H groups in total. The maximum absolute atomic E-state index is 13.3. The third-order valence-electron chi connectivity index (χ3n) is 6.80. The van der Waals surface area contributed by atoms with E-state index in [1.165, 1.54) is 14.2 Å². The fourth-order valence-corrected chi connectivity index (χ4v) is 5.22. The molecule has 1 aliphatic heterocycles. The number of nitriles is 1. The summed E-state index contributed by atoms with van der Waals surface area (Å²) in [6.45, 7) is 1.39. The average Bonchev–Trinajstić information content (AvgIpc) is 2.88. The molecule has 1 unspecified atom stereocenters. The van der Waals surface area contributed by atoms with Gasteiger partial charge in [0.2, 0.25) is 5.82 Å². The van der Waals surface area contributed by atoms with Crippen molar-refractivity contribution in [2.45, 2.75) is 43.6 Å². The lowest BCUT2D eigenvalue weighted by atomic mass is 9.67. The molecule has 2 atom stereocenters. The first kappa shape index (κ1) is 24.3. The summed E-state index contributed by atoms with van der Waals surface area (Å²) in [5.41, 5.74) is 0.582. The summed E-state index contributed by atoms with van der Waals surface area (Å²) in [4.78, 5) is 35.7. The van der Waals surface area contributed by atoms with Gasteiger partial charge in [-0.05, 0) is 30.4 Å². The molecule has 0 spiro atoms. The Bertz CT molecular complexity index is 1170. The first-order valence-corrected chi connectivity index (χ1v) is 11.5. The van der Waals surface area contributed by atoms with Crippen molar-refractivity contribution in [1.29, 1.82) is 5.26 Å². The molecule has 0 bridgehead atoms. The molecule has 11 heteroatoms. The number of carbonyl (C=O) groups excluding carboxylic acids is 1. The zero-order chi connectivity index (χ0) is 25.0. The van der Waals surface area contributed by atoms with Gasteiger partial charge in [0.25, 0.3) is 0 Å². The number of esters is 1. The average molecular weight is 481 g/mol. The topological polar surface area (TPSA) is 144 Å². The number of aryl methyl sites for hydroxylation is 1. The highest BCUT2D eigenvalue weighted by atomic mass is 16.6. The van der Waals surface area contributed by atoms with Crippen LogP contribution in [0.5, 0.6) is 6.01 Å². The maximum Gasteiger partial charge on any atom is 0.333 e. The molecule has 2 heterocycles. The van der Waals surface area contributed by atoms with Crippen LogP contribution in [0.2, 0.25) is 0 Å². The van der Waals surface area contributed by atoms with Gasteiger partial charge in [-0.3, -0.25) is 14.9 Å². The number of carbonyl (C=O) groups is 1. The highest BCUT2D eigenvalue weighted by Gasteiger charge is 2.47. The van der Waals surface area contributed by atoms with E-state index in [1.807, 2.05) is 24.3 Å². The Labute approximate surface area is 203 Å². The lowest BCUT2D eigenvalue weighted by Crippen LogP contribution is -2.51. The minimum absolute atomic E-state index is 0.0138. The van der Waals surface area contributed by atoms with E-state index in [0.29, 0.717) is 26.1 Å². The largest absolute Gasteiger partial charge is 0.468 e. The Hall–Kier alpha value is -3.78. The fourth-order valence-electron chi connectivity index (χ4n) is 5.22. The van der Waals surface area contributed by atoms with Crippen LogP contribution in [0.25, 0.3) is 0 Å². The van der Waals surface area contributed by atoms with Crippen molar-refractivity contribution in [1.82, 2.24) is 15.3 Å². The molecular weight excluding hydrogens is 452 g/mol. The standard InChI is InChI=1S/C24H28N6O5/c1-34-22(31)24(10-5-7-16-6-3-4-8-18(16)24)14-19-20(30(32)33)21(28-23(27-19)35-2)29-13-12-26-17(15-29)9-11-25/h3-4,6,8,17,26H,5,7,9-10,12-15H2,1-2H3/t17-,24?/m0/s1. The number of benzene rings is 1. The van der Waals surface area contributed by atoms with Gasteiger partial charge in [-0.25, -0.2) is 0 Å². The summed E-state index contributed by atoms with van der Waals surface area (Å²) in [7, 11) is 2.73. The maximum atomic E-state index is 13.3. The molecular formula is C24H28N6O5. The second-order valence-electron chi connectivity index (χ2n) is 8.81. The van der Waals surface area contributed by atoms with Crippen molar-refractivity contribution in [2.24, 2.45) is 0 Å². The summed E-state index contributed by atoms with van der Waals surface area (Å²) in [5, 5.41) is 24.7. The molecule has 1 aromatic carbocycles. The number of rotatable bonds is 7. The molecule has 35 heavy (non-hydrogen) atoms. The van der Waals surface area contributed by atoms with E-state index in [1.54, 1.807) is 4.90 Å². The van der Waals surface area contributed by atoms with Gasteiger partial charge in [-0.2, -0.15) is 15.2 Å². The number of ether oxygens (including phenoxy) is 2. The number of nitrogens with zero attached hydrogens (tertiary/aromatic N) is 5. The van der Waals surface area contributed by atoms with Crippen LogP contribution in [-0.4, -0.2) is 60.8 Å². The predicted octanol–water partition coefficient (Wildman–Crippen LogP) is 2.08. The van der Waals surface area contributed by atoms with Crippen LogP contribution in [0.4, 0.5) is 11.5 Å². The SMILES string of the molecule is COC(=O)C1(Cc2nc(OC)nc(N3CCN[C@@H](CC#N)C3)c2[N+](=O)[O-])CCCc2ccccc21. The van der Waals surface area contributed by atoms with Crippen LogP contribution >= 0.6 is 0 Å². The Morgan fingerprint density at radius 1 is 1.37 bits per heavy atom. The molecule has 2 aromatic rings. The smallest absolute Gasteiger partial charge is 0.333 e. The van der Waals surface area contributed by atoms with E-state index in [-0.39, 0.29) is 42.1 Å². The van der Waals surface area contributed by atoms with Crippen molar-refractivity contribution in [3.8, 4) is 12.1 Å². The van der Waals surface area contributed by atoms with Crippen LogP contribution in [-0.2, 0) is 27.8 Å². The summed E-state index contributed by atoms with van der Waals surface area (Å²) in [5.74, 6) is -0.320. The van der Waals surface area contributed by atoms with Crippen molar-refractivity contribution < 1.29 is 19.2 Å². The molecule has 184 valence electrons. The number of methoxy groups -OCH3 is 2. The van der Waals surface area contributed by atoms with Crippen molar-refractivity contribution in [3.05, 3.63) is 51.2 Å². The number of piperazine rings is 1. The molecule has 1 fully saturated rings. The minimum Gasteiger partial charge on any atom is -0.468 e. The summed E-state index contributed by atoms with van der Waals surface area (Å²) in [6.07, 6.45) is 2.28. The van der Waals surface area contributed by atoms with Gasteiger partial charge in [0.15, 0.2) is 0 Å². The van der Waals surface area contributed by atoms with Crippen molar-refractivity contribution >= 4 is 17.5 Å². The first-order chi connectivity index (χ1) is 16.9. The number of fused-ring (bicyclic) bond motifs is 1. The molecule has 2 aliphatic rings. The molecule has 0 amide bonds. The van der Waals surface area contributed by atoms with E-state index < -0.39 is 16.3 Å². The van der Waals surface area contributed by atoms with E-state index in [9.17, 15) is 14.9 Å². The van der Waals surface area contributed by atoms with Crippen LogP contribution in [0, 0.1) is 21.4 Å². The first-order valence-electron chi connectivity index (χ1n) is 11.5. The molecule has 11 nitrogen and oxygen atoms in total. The van der Waals surface area contributed by atoms with Gasteiger partial charge in [0.05, 0.1) is 37.0 Å². The van der Waals surface area contributed by atoms with E-state index >= 15 is 0 Å². The van der Waals surface area contributed by atoms with Crippen LogP contribution in [0.1, 0.15) is 36.1 Å². The van der Waals surface area contributed by atoms with Gasteiger partial charge in [-0.1, -0.05) is 24.3 Å². The summed E-state index contributed by atoms with van der Waals surface area (Å²) >= 11 is 0. The number of hydrogen-bond acceptors (Lipinski definition) is 10. The molecule has 0 saturated carbocycles. The van der Waals surface area contributed by atoms with Gasteiger partial charge in [0.1, 0.15) is 5.69 Å². The van der Waals surface area contributed by atoms with Crippen LogP contribution < -0.4 is 15.0 Å². The van der Waals surface area contributed by atoms with Gasteiger partial charge in [0, 0.05) is 32.1 Å². The Balaban J connectivity index is 1.85. The van der Waals surface area contributed by atoms with E-state index in [2.05, 4.69) is 21.4 Å². The second kappa shape index (κ2) is 10.2. The van der Waals surface area contributed by atoms with Crippen molar-refractivity contribution in [2.75, 3.05) is 38.8 Å². The predicted molar refractivity (Wildman–Crippen MR) is 126 cm³/mol. The number of anilines is 1. The van der Waals surface area contributed by atoms with Crippen molar-refractivity contribution in [3.63, 3.8) is 0 Å². The highest BCUT2D eigenvalue weighted by molar-refractivity contribution is 5.85. The van der Waals surface area contributed by atoms with E-state index in [0.717, 1.165) is 24.0 Å². The quantitative estimate of drug-likeness (QED) is 0.355. The normalized spacial score (nSPS) is 21.5. The molecule has 1 aromatic heterocycles. The van der Waals surface area contributed by atoms with Crippen LogP contribution in [0.3, 0.4) is 0 Å². The molecule has 0 radical (unpaired) electrons. The monoisotopic (exact) mass is 480 g/mol. The summed E-state index contributed by atoms with van der Waals surface area (Å²) in [6, 6.07) is 9.62. The number of hydrogen-bond donors (Lipinski definition) is 1. The Morgan fingerprint density at radius 2 is 2.17 bits per heavy atom. The summed E-state index contributed by atoms with van der Waals surface area (Å²) < 4.78 is 10.6. The lowest BCUT2D eigenvalue weighted by molar-refractivity contribution is -0.385. The lowest BCUT2D eigenvalue weighted by Gasteiger charge is -2.37. The third-order valence-corrected chi connectivity index (χ3v) is 6.80. The van der Waals surface area contributed by atoms with Crippen LogP contribution in [0.15, 0.2) is 24.3 Å². The minimum atomic E-state index is -1.11. The zero-order valence-corrected chi connectivity index (χ0v) is 19.8. The number of aromatic nitrogens is 2. The highest BCUT2D eigenvalue weighted by Crippen LogP contribution is 2.43. The van der Waals surface area contributed by atoms with Gasteiger partial charge in [-0.15, -0.1) is 0 Å². The fraction of sp³-hybridized carbons (Fsp3) is 0.500. The zero-order valence-electron chi connectivity index (χ0n) is 19.8. The second-order valence-corrected chi connectivity index (χ2v) is 8.81. The Kier molecular flexibility index (Phi) is 7.12. The van der Waals surface area contributed by atoms with Gasteiger partial charge < -0.3 is 19.7 Å². The third kappa shape index (κ3) is 4.61.